The van der Waals surface area contributed by atoms with E-state index >= 15 is 0 Å². The van der Waals surface area contributed by atoms with E-state index in [4.69, 9.17) is 0 Å². The smallest absolute Gasteiger partial charge is 0.343 e. The number of rotatable bonds is 2. The lowest BCUT2D eigenvalue weighted by molar-refractivity contribution is 0.0589. The molecule has 0 saturated carbocycles. The Bertz CT molecular complexity index is 365. The summed E-state index contributed by atoms with van der Waals surface area (Å²) in [6.45, 7) is 0. The third-order valence-electron chi connectivity index (χ3n) is 1.59. The molecule has 0 bridgehead atoms. The Kier molecular flexibility index (Phi) is 2.91. The van der Waals surface area contributed by atoms with Gasteiger partial charge in [-0.15, -0.1) is 0 Å². The van der Waals surface area contributed by atoms with Gasteiger partial charge in [-0.2, -0.15) is 0 Å². The Hall–Kier alpha value is -1.78. The van der Waals surface area contributed by atoms with E-state index in [0.717, 1.165) is 19.2 Å². The number of aldehydes is 1. The van der Waals surface area contributed by atoms with Crippen molar-refractivity contribution in [2.24, 2.45) is 0 Å². The average molecular weight is 200 g/mol. The Labute approximate surface area is 78.3 Å². The molecular weight excluding hydrogens is 194 g/mol. The number of ether oxygens (including phenoxy) is 1. The summed E-state index contributed by atoms with van der Waals surface area (Å²) in [4.78, 5) is 21.1. The maximum atomic E-state index is 13.0. The molecule has 1 rings (SSSR count). The lowest BCUT2D eigenvalue weighted by Crippen LogP contribution is -2.08. The van der Waals surface area contributed by atoms with Crippen LogP contribution in [-0.2, 0) is 4.74 Å². The Balaban J connectivity index is 3.31. The molecule has 0 aliphatic carbocycles. The fourth-order valence-electron chi connectivity index (χ4n) is 0.958. The molecule has 0 N–H and O–H groups in total. The lowest BCUT2D eigenvalue weighted by atomic mass is 10.1. The van der Waals surface area contributed by atoms with Crippen molar-refractivity contribution in [1.29, 1.82) is 0 Å². The number of carbonyl (C=O) groups excluding carboxylic acids is 2. The van der Waals surface area contributed by atoms with E-state index in [1.54, 1.807) is 0 Å². The Morgan fingerprint density at radius 1 is 1.36 bits per heavy atom. The first-order valence-electron chi connectivity index (χ1n) is 3.62. The zero-order valence-electron chi connectivity index (χ0n) is 7.21. The van der Waals surface area contributed by atoms with E-state index in [-0.39, 0.29) is 11.8 Å². The summed E-state index contributed by atoms with van der Waals surface area (Å²) in [5.41, 5.74) is -0.967. The Morgan fingerprint density at radius 3 is 2.21 bits per heavy atom. The highest BCUT2D eigenvalue weighted by Gasteiger charge is 2.18. The summed E-state index contributed by atoms with van der Waals surface area (Å²) in [6, 6.07) is 1.53. The number of hydrogen-bond donors (Lipinski definition) is 0. The highest BCUT2D eigenvalue weighted by molar-refractivity contribution is 5.91. The van der Waals surface area contributed by atoms with Gasteiger partial charge >= 0.3 is 5.97 Å². The van der Waals surface area contributed by atoms with E-state index < -0.39 is 23.2 Å². The maximum absolute atomic E-state index is 13.0. The highest BCUT2D eigenvalue weighted by atomic mass is 19.1. The molecule has 0 aliphatic heterocycles. The quantitative estimate of drug-likeness (QED) is 0.537. The summed E-state index contributed by atoms with van der Waals surface area (Å²) in [5, 5.41) is 0. The van der Waals surface area contributed by atoms with Crippen LogP contribution in [0.2, 0.25) is 0 Å². The second kappa shape index (κ2) is 3.95. The number of hydrogen-bond acceptors (Lipinski definition) is 3. The molecule has 3 nitrogen and oxygen atoms in total. The summed E-state index contributed by atoms with van der Waals surface area (Å²) in [6.07, 6.45) is 0.285. The van der Waals surface area contributed by atoms with Crippen LogP contribution in [0.15, 0.2) is 12.1 Å². The average Bonchev–Trinajstić information content (AvgIpc) is 2.16. The normalized spacial score (nSPS) is 9.64. The van der Waals surface area contributed by atoms with Crippen LogP contribution in [0.5, 0.6) is 0 Å². The fraction of sp³-hybridized carbons (Fsp3) is 0.111. The molecule has 0 unspecified atom stereocenters. The molecule has 0 atom stereocenters. The van der Waals surface area contributed by atoms with E-state index in [0.29, 0.717) is 0 Å². The van der Waals surface area contributed by atoms with Crippen LogP contribution in [-0.4, -0.2) is 19.4 Å². The topological polar surface area (TPSA) is 43.4 Å². The van der Waals surface area contributed by atoms with E-state index in [1.807, 2.05) is 0 Å². The summed E-state index contributed by atoms with van der Waals surface area (Å²) in [7, 11) is 1.01. The van der Waals surface area contributed by atoms with Crippen LogP contribution in [0.1, 0.15) is 20.7 Å². The van der Waals surface area contributed by atoms with Crippen molar-refractivity contribution in [1.82, 2.24) is 0 Å². The van der Waals surface area contributed by atoms with Gasteiger partial charge in [-0.05, 0) is 12.1 Å². The van der Waals surface area contributed by atoms with Gasteiger partial charge in [0.2, 0.25) is 0 Å². The second-order valence-corrected chi connectivity index (χ2v) is 2.47. The molecule has 0 heterocycles. The van der Waals surface area contributed by atoms with Crippen molar-refractivity contribution in [2.75, 3.05) is 7.11 Å². The first kappa shape index (κ1) is 10.3. The van der Waals surface area contributed by atoms with Crippen LogP contribution in [0, 0.1) is 11.6 Å². The standard InChI is InChI=1S/C9H6F2O3/c1-14-9(13)8-6(10)2-5(4-12)3-7(8)11/h2-4H,1H3. The van der Waals surface area contributed by atoms with Gasteiger partial charge < -0.3 is 4.74 Å². The molecule has 0 amide bonds. The van der Waals surface area contributed by atoms with Gasteiger partial charge in [0.1, 0.15) is 23.5 Å². The monoisotopic (exact) mass is 200 g/mol. The molecule has 0 fully saturated rings. The molecule has 0 spiro atoms. The molecule has 74 valence electrons. The van der Waals surface area contributed by atoms with Gasteiger partial charge in [-0.25, -0.2) is 13.6 Å². The minimum atomic E-state index is -1.11. The largest absolute Gasteiger partial charge is 0.465 e. The predicted molar refractivity (Wildman–Crippen MR) is 43.1 cm³/mol. The van der Waals surface area contributed by atoms with Crippen LogP contribution >= 0.6 is 0 Å². The molecule has 5 heteroatoms. The van der Waals surface area contributed by atoms with Crippen molar-refractivity contribution in [3.05, 3.63) is 34.9 Å². The predicted octanol–water partition coefficient (Wildman–Crippen LogP) is 1.56. The van der Waals surface area contributed by atoms with Crippen LogP contribution in [0.3, 0.4) is 0 Å². The van der Waals surface area contributed by atoms with Crippen molar-refractivity contribution in [2.45, 2.75) is 0 Å². The lowest BCUT2D eigenvalue weighted by Gasteiger charge is -2.02. The van der Waals surface area contributed by atoms with Crippen molar-refractivity contribution in [3.8, 4) is 0 Å². The number of benzene rings is 1. The van der Waals surface area contributed by atoms with Crippen LogP contribution in [0.25, 0.3) is 0 Å². The number of esters is 1. The zero-order valence-corrected chi connectivity index (χ0v) is 7.21. The maximum Gasteiger partial charge on any atom is 0.343 e. The first-order valence-corrected chi connectivity index (χ1v) is 3.62. The third-order valence-corrected chi connectivity index (χ3v) is 1.59. The Morgan fingerprint density at radius 2 is 1.86 bits per heavy atom. The molecule has 0 aliphatic rings. The summed E-state index contributed by atoms with van der Waals surface area (Å²) >= 11 is 0. The highest BCUT2D eigenvalue weighted by Crippen LogP contribution is 2.15. The van der Waals surface area contributed by atoms with E-state index in [2.05, 4.69) is 4.74 Å². The van der Waals surface area contributed by atoms with Gasteiger partial charge in [-0.1, -0.05) is 0 Å². The number of halogens is 2. The molecule has 0 saturated heterocycles. The van der Waals surface area contributed by atoms with Crippen LogP contribution in [0.4, 0.5) is 8.78 Å². The molecule has 0 radical (unpaired) electrons. The van der Waals surface area contributed by atoms with Gasteiger partial charge in [-0.3, -0.25) is 4.79 Å². The molecular formula is C9H6F2O3. The second-order valence-electron chi connectivity index (χ2n) is 2.47. The number of carbonyl (C=O) groups is 2. The van der Waals surface area contributed by atoms with Gasteiger partial charge in [0, 0.05) is 5.56 Å². The van der Waals surface area contributed by atoms with Crippen LogP contribution < -0.4 is 0 Å². The van der Waals surface area contributed by atoms with Crippen molar-refractivity contribution >= 4 is 12.3 Å². The summed E-state index contributed by atoms with van der Waals surface area (Å²) in [5.74, 6) is -3.34. The third kappa shape index (κ3) is 1.76. The molecule has 1 aromatic carbocycles. The molecule has 0 aromatic heterocycles. The number of methoxy groups -OCH3 is 1. The van der Waals surface area contributed by atoms with Gasteiger partial charge in [0.25, 0.3) is 0 Å². The molecule has 1 aromatic rings. The summed E-state index contributed by atoms with van der Waals surface area (Å²) < 4.78 is 30.2. The first-order chi connectivity index (χ1) is 6.60. The van der Waals surface area contributed by atoms with E-state index in [1.165, 1.54) is 0 Å². The van der Waals surface area contributed by atoms with Crippen molar-refractivity contribution in [3.63, 3.8) is 0 Å². The minimum Gasteiger partial charge on any atom is -0.465 e. The fourth-order valence-corrected chi connectivity index (χ4v) is 0.958. The van der Waals surface area contributed by atoms with E-state index in [9.17, 15) is 18.4 Å². The molecule has 14 heavy (non-hydrogen) atoms. The minimum absolute atomic E-state index is 0.173. The van der Waals surface area contributed by atoms with Gasteiger partial charge in [0.15, 0.2) is 0 Å². The van der Waals surface area contributed by atoms with Crippen molar-refractivity contribution < 1.29 is 23.1 Å². The van der Waals surface area contributed by atoms with Gasteiger partial charge in [0.05, 0.1) is 7.11 Å². The zero-order chi connectivity index (χ0) is 10.7. The SMILES string of the molecule is COC(=O)c1c(F)cc(C=O)cc1F.